The maximum absolute atomic E-state index is 13.6. The maximum atomic E-state index is 13.6. The molecule has 2 N–H and O–H groups in total. The first-order valence-electron chi connectivity index (χ1n) is 7.34. The van der Waals surface area contributed by atoms with Crippen molar-refractivity contribution in [3.8, 4) is 0 Å². The van der Waals surface area contributed by atoms with Gasteiger partial charge in [0.25, 0.3) is 0 Å². The first-order chi connectivity index (χ1) is 9.61. The van der Waals surface area contributed by atoms with Crippen LogP contribution in [0.5, 0.6) is 0 Å². The summed E-state index contributed by atoms with van der Waals surface area (Å²) in [5, 5.41) is 0. The topological polar surface area (TPSA) is 46.3 Å². The van der Waals surface area contributed by atoms with E-state index in [0.29, 0.717) is 24.4 Å². The Morgan fingerprint density at radius 2 is 2.05 bits per heavy atom. The Hall–Kier alpha value is -1.42. The van der Waals surface area contributed by atoms with E-state index in [1.165, 1.54) is 6.07 Å². The molecule has 110 valence electrons. The van der Waals surface area contributed by atoms with Crippen LogP contribution in [0, 0.1) is 17.7 Å². The molecule has 0 radical (unpaired) electrons. The van der Waals surface area contributed by atoms with Gasteiger partial charge in [-0.1, -0.05) is 25.1 Å². The third kappa shape index (κ3) is 3.57. The van der Waals surface area contributed by atoms with Gasteiger partial charge in [-0.05, 0) is 43.4 Å². The smallest absolute Gasteiger partial charge is 0.225 e. The van der Waals surface area contributed by atoms with Gasteiger partial charge in [-0.25, -0.2) is 4.39 Å². The van der Waals surface area contributed by atoms with Crippen molar-refractivity contribution >= 4 is 5.91 Å². The highest BCUT2D eigenvalue weighted by molar-refractivity contribution is 5.78. The quantitative estimate of drug-likeness (QED) is 0.918. The van der Waals surface area contributed by atoms with Crippen LogP contribution < -0.4 is 5.73 Å². The lowest BCUT2D eigenvalue weighted by Crippen LogP contribution is -2.42. The van der Waals surface area contributed by atoms with E-state index in [1.807, 2.05) is 17.9 Å². The van der Waals surface area contributed by atoms with E-state index < -0.39 is 0 Å². The van der Waals surface area contributed by atoms with E-state index in [9.17, 15) is 9.18 Å². The Bertz CT molecular complexity index is 456. The van der Waals surface area contributed by atoms with Crippen molar-refractivity contribution in [1.82, 2.24) is 4.90 Å². The van der Waals surface area contributed by atoms with Gasteiger partial charge in [0.15, 0.2) is 0 Å². The van der Waals surface area contributed by atoms with Crippen molar-refractivity contribution in [2.45, 2.75) is 26.2 Å². The summed E-state index contributed by atoms with van der Waals surface area (Å²) in [4.78, 5) is 14.3. The Labute approximate surface area is 120 Å². The van der Waals surface area contributed by atoms with Crippen molar-refractivity contribution in [2.75, 3.05) is 19.6 Å². The van der Waals surface area contributed by atoms with Crippen LogP contribution in [-0.2, 0) is 11.2 Å². The number of hydrogen-bond donors (Lipinski definition) is 1. The van der Waals surface area contributed by atoms with Crippen molar-refractivity contribution in [1.29, 1.82) is 0 Å². The highest BCUT2D eigenvalue weighted by atomic mass is 19.1. The molecule has 1 aromatic carbocycles. The summed E-state index contributed by atoms with van der Waals surface area (Å²) in [6.45, 7) is 4.14. The standard InChI is InChI=1S/C16H23FN2O/c1-12(10-14-4-2-3-5-15(14)17)16(20)19-8-6-13(11-18)7-9-19/h2-5,12-13H,6-11,18H2,1H3. The molecule has 1 saturated heterocycles. The fraction of sp³-hybridized carbons (Fsp3) is 0.562. The Kier molecular flexibility index (Phi) is 5.12. The van der Waals surface area contributed by atoms with Crippen LogP contribution in [0.4, 0.5) is 4.39 Å². The minimum absolute atomic E-state index is 0.128. The van der Waals surface area contributed by atoms with Crippen LogP contribution in [0.25, 0.3) is 0 Å². The molecule has 1 aliphatic rings. The summed E-state index contributed by atoms with van der Waals surface area (Å²) in [5.74, 6) is 0.264. The molecule has 1 fully saturated rings. The molecule has 1 atom stereocenters. The van der Waals surface area contributed by atoms with Crippen molar-refractivity contribution in [3.05, 3.63) is 35.6 Å². The van der Waals surface area contributed by atoms with Gasteiger partial charge in [-0.2, -0.15) is 0 Å². The highest BCUT2D eigenvalue weighted by Gasteiger charge is 2.25. The van der Waals surface area contributed by atoms with E-state index in [-0.39, 0.29) is 17.6 Å². The third-order valence-corrected chi connectivity index (χ3v) is 4.17. The molecule has 0 aromatic heterocycles. The molecule has 0 saturated carbocycles. The van der Waals surface area contributed by atoms with Crippen molar-refractivity contribution in [2.24, 2.45) is 17.6 Å². The summed E-state index contributed by atoms with van der Waals surface area (Å²) in [5.41, 5.74) is 6.27. The van der Waals surface area contributed by atoms with Crippen molar-refractivity contribution in [3.63, 3.8) is 0 Å². The van der Waals surface area contributed by atoms with Crippen molar-refractivity contribution < 1.29 is 9.18 Å². The number of carbonyl (C=O) groups is 1. The number of halogens is 1. The lowest BCUT2D eigenvalue weighted by atomic mass is 9.94. The molecule has 0 bridgehead atoms. The van der Waals surface area contributed by atoms with Gasteiger partial charge in [0.1, 0.15) is 5.82 Å². The van der Waals surface area contributed by atoms with Crippen LogP contribution in [0.2, 0.25) is 0 Å². The van der Waals surface area contributed by atoms with Gasteiger partial charge < -0.3 is 10.6 Å². The Balaban J connectivity index is 1.91. The lowest BCUT2D eigenvalue weighted by Gasteiger charge is -2.33. The number of nitrogens with two attached hydrogens (primary N) is 1. The zero-order valence-corrected chi connectivity index (χ0v) is 12.0. The summed E-state index contributed by atoms with van der Waals surface area (Å²) in [6, 6.07) is 6.67. The highest BCUT2D eigenvalue weighted by Crippen LogP contribution is 2.20. The normalized spacial score (nSPS) is 18.1. The molecular weight excluding hydrogens is 255 g/mol. The number of benzene rings is 1. The monoisotopic (exact) mass is 278 g/mol. The fourth-order valence-electron chi connectivity index (χ4n) is 2.78. The minimum atomic E-state index is -0.228. The molecular formula is C16H23FN2O. The van der Waals surface area contributed by atoms with Crippen LogP contribution >= 0.6 is 0 Å². The molecule has 2 rings (SSSR count). The third-order valence-electron chi connectivity index (χ3n) is 4.17. The lowest BCUT2D eigenvalue weighted by molar-refractivity contribution is -0.136. The van der Waals surface area contributed by atoms with Gasteiger partial charge in [-0.3, -0.25) is 4.79 Å². The number of amides is 1. The van der Waals surface area contributed by atoms with E-state index in [1.54, 1.807) is 12.1 Å². The molecule has 1 heterocycles. The predicted molar refractivity (Wildman–Crippen MR) is 77.6 cm³/mol. The second-order valence-corrected chi connectivity index (χ2v) is 5.70. The zero-order chi connectivity index (χ0) is 14.5. The first kappa shape index (κ1) is 15.0. The van der Waals surface area contributed by atoms with E-state index in [0.717, 1.165) is 25.9 Å². The van der Waals surface area contributed by atoms with Crippen LogP contribution in [0.15, 0.2) is 24.3 Å². The summed E-state index contributed by atoms with van der Waals surface area (Å²) in [6.07, 6.45) is 2.42. The van der Waals surface area contributed by atoms with Gasteiger partial charge in [0.2, 0.25) is 5.91 Å². The summed E-state index contributed by atoms with van der Waals surface area (Å²) >= 11 is 0. The molecule has 1 unspecified atom stereocenters. The van der Waals surface area contributed by atoms with Gasteiger partial charge in [-0.15, -0.1) is 0 Å². The number of likely N-dealkylation sites (tertiary alicyclic amines) is 1. The van der Waals surface area contributed by atoms with Gasteiger partial charge in [0.05, 0.1) is 0 Å². The minimum Gasteiger partial charge on any atom is -0.342 e. The Morgan fingerprint density at radius 1 is 1.40 bits per heavy atom. The predicted octanol–water partition coefficient (Wildman–Crippen LogP) is 2.20. The number of piperidine rings is 1. The van der Waals surface area contributed by atoms with Gasteiger partial charge in [0, 0.05) is 19.0 Å². The van der Waals surface area contributed by atoms with E-state index in [4.69, 9.17) is 5.73 Å². The zero-order valence-electron chi connectivity index (χ0n) is 12.0. The number of nitrogens with zero attached hydrogens (tertiary/aromatic N) is 1. The molecule has 1 amide bonds. The molecule has 4 heteroatoms. The van der Waals surface area contributed by atoms with E-state index >= 15 is 0 Å². The van der Waals surface area contributed by atoms with Crippen LogP contribution in [0.1, 0.15) is 25.3 Å². The van der Waals surface area contributed by atoms with Gasteiger partial charge >= 0.3 is 0 Å². The van der Waals surface area contributed by atoms with Crippen LogP contribution in [-0.4, -0.2) is 30.4 Å². The number of carbonyl (C=O) groups excluding carboxylic acids is 1. The summed E-state index contributed by atoms with van der Waals surface area (Å²) in [7, 11) is 0. The first-order valence-corrected chi connectivity index (χ1v) is 7.34. The Morgan fingerprint density at radius 3 is 2.65 bits per heavy atom. The molecule has 3 nitrogen and oxygen atoms in total. The largest absolute Gasteiger partial charge is 0.342 e. The van der Waals surface area contributed by atoms with E-state index in [2.05, 4.69) is 0 Å². The number of hydrogen-bond acceptors (Lipinski definition) is 2. The fourth-order valence-corrected chi connectivity index (χ4v) is 2.78. The average molecular weight is 278 g/mol. The SMILES string of the molecule is CC(Cc1ccccc1F)C(=O)N1CCC(CN)CC1. The maximum Gasteiger partial charge on any atom is 0.225 e. The molecule has 1 aliphatic heterocycles. The second kappa shape index (κ2) is 6.84. The molecule has 20 heavy (non-hydrogen) atoms. The number of rotatable bonds is 4. The second-order valence-electron chi connectivity index (χ2n) is 5.70. The molecule has 0 aliphatic carbocycles. The molecule has 0 spiro atoms. The van der Waals surface area contributed by atoms with Crippen LogP contribution in [0.3, 0.4) is 0 Å². The summed E-state index contributed by atoms with van der Waals surface area (Å²) < 4.78 is 13.6. The molecule has 1 aromatic rings. The average Bonchev–Trinajstić information content (AvgIpc) is 2.49.